The van der Waals surface area contributed by atoms with E-state index in [9.17, 15) is 13.2 Å². The van der Waals surface area contributed by atoms with Crippen molar-refractivity contribution < 1.29 is 17.9 Å². The molecule has 2 N–H and O–H groups in total. The van der Waals surface area contributed by atoms with Crippen molar-refractivity contribution in [1.82, 2.24) is 0 Å². The number of hydrogen-bond donors (Lipinski definition) is 1. The first-order valence-corrected chi connectivity index (χ1v) is 4.61. The van der Waals surface area contributed by atoms with Crippen LogP contribution in [0.4, 0.5) is 13.2 Å². The Bertz CT molecular complexity index is 118. The molecule has 74 valence electrons. The number of hydrogen-bond acceptors (Lipinski definition) is 3. The molecule has 0 aliphatic heterocycles. The lowest BCUT2D eigenvalue weighted by Gasteiger charge is -2.07. The van der Waals surface area contributed by atoms with Gasteiger partial charge >= 0.3 is 6.36 Å². The van der Waals surface area contributed by atoms with Crippen LogP contribution in [0.3, 0.4) is 0 Å². The van der Waals surface area contributed by atoms with Crippen LogP contribution >= 0.6 is 11.8 Å². The minimum absolute atomic E-state index is 0.0147. The molecule has 0 aromatic heterocycles. The predicted molar refractivity (Wildman–Crippen MR) is 43.0 cm³/mol. The summed E-state index contributed by atoms with van der Waals surface area (Å²) < 4.78 is 37.7. The molecule has 2 nitrogen and oxygen atoms in total. The lowest BCUT2D eigenvalue weighted by Crippen LogP contribution is -2.19. The summed E-state index contributed by atoms with van der Waals surface area (Å²) in [5.74, 6) is 0.974. The molecule has 0 aromatic carbocycles. The monoisotopic (exact) mass is 203 g/mol. The van der Waals surface area contributed by atoms with Gasteiger partial charge in [-0.1, -0.05) is 0 Å². The fourth-order valence-electron chi connectivity index (χ4n) is 0.486. The van der Waals surface area contributed by atoms with Crippen molar-refractivity contribution in [2.75, 3.05) is 18.1 Å². The Morgan fingerprint density at radius 1 is 1.50 bits per heavy atom. The average molecular weight is 203 g/mol. The molecule has 12 heavy (non-hydrogen) atoms. The van der Waals surface area contributed by atoms with E-state index >= 15 is 0 Å². The van der Waals surface area contributed by atoms with E-state index in [4.69, 9.17) is 5.73 Å². The van der Waals surface area contributed by atoms with E-state index < -0.39 is 6.36 Å². The minimum Gasteiger partial charge on any atom is -0.327 e. The normalized spacial score (nSPS) is 14.8. The highest BCUT2D eigenvalue weighted by atomic mass is 32.2. The Morgan fingerprint density at radius 2 is 2.08 bits per heavy atom. The van der Waals surface area contributed by atoms with Gasteiger partial charge in [-0.15, -0.1) is 13.2 Å². The van der Waals surface area contributed by atoms with E-state index in [0.29, 0.717) is 11.5 Å². The molecule has 0 rings (SSSR count). The maximum absolute atomic E-state index is 11.4. The van der Waals surface area contributed by atoms with Crippen molar-refractivity contribution >= 4 is 11.8 Å². The van der Waals surface area contributed by atoms with Gasteiger partial charge in [0, 0.05) is 17.5 Å². The Kier molecular flexibility index (Phi) is 5.69. The van der Waals surface area contributed by atoms with E-state index in [1.807, 2.05) is 0 Å². The lowest BCUT2D eigenvalue weighted by molar-refractivity contribution is -0.322. The molecular formula is C6H12F3NOS. The van der Waals surface area contributed by atoms with Gasteiger partial charge < -0.3 is 5.73 Å². The van der Waals surface area contributed by atoms with Crippen LogP contribution in [0.25, 0.3) is 0 Å². The topological polar surface area (TPSA) is 35.2 Å². The number of rotatable bonds is 5. The molecule has 0 amide bonds. The van der Waals surface area contributed by atoms with Crippen molar-refractivity contribution in [2.45, 2.75) is 19.3 Å². The molecular weight excluding hydrogens is 191 g/mol. The van der Waals surface area contributed by atoms with Crippen molar-refractivity contribution in [2.24, 2.45) is 5.73 Å². The molecule has 0 aromatic rings. The van der Waals surface area contributed by atoms with E-state index in [1.165, 1.54) is 11.8 Å². The largest absolute Gasteiger partial charge is 0.522 e. The molecule has 0 bridgehead atoms. The van der Waals surface area contributed by atoms with Gasteiger partial charge in [0.2, 0.25) is 0 Å². The Hall–Kier alpha value is 0.0600. The van der Waals surface area contributed by atoms with Crippen molar-refractivity contribution in [3.63, 3.8) is 0 Å². The molecule has 0 radical (unpaired) electrons. The molecule has 0 heterocycles. The second-order valence-electron chi connectivity index (χ2n) is 2.35. The highest BCUT2D eigenvalue weighted by Gasteiger charge is 2.28. The smallest absolute Gasteiger partial charge is 0.327 e. The van der Waals surface area contributed by atoms with Gasteiger partial charge in [-0.3, -0.25) is 4.74 Å². The Morgan fingerprint density at radius 3 is 2.50 bits per heavy atom. The molecule has 0 saturated carbocycles. The summed E-state index contributed by atoms with van der Waals surface area (Å²) in [6.45, 7) is 1.50. The summed E-state index contributed by atoms with van der Waals surface area (Å²) in [5.41, 5.74) is 5.38. The fourth-order valence-corrected chi connectivity index (χ4v) is 1.23. The molecule has 0 aliphatic carbocycles. The zero-order valence-corrected chi connectivity index (χ0v) is 7.54. The Balaban J connectivity index is 3.12. The zero-order valence-electron chi connectivity index (χ0n) is 6.73. The highest BCUT2D eigenvalue weighted by Crippen LogP contribution is 2.16. The van der Waals surface area contributed by atoms with Crippen LogP contribution in [0.1, 0.15) is 6.92 Å². The van der Waals surface area contributed by atoms with E-state index in [2.05, 4.69) is 4.74 Å². The van der Waals surface area contributed by atoms with Gasteiger partial charge in [0.1, 0.15) is 0 Å². The van der Waals surface area contributed by atoms with Gasteiger partial charge in [0.05, 0.1) is 6.61 Å². The van der Waals surface area contributed by atoms with Crippen LogP contribution in [0.2, 0.25) is 0 Å². The maximum Gasteiger partial charge on any atom is 0.522 e. The van der Waals surface area contributed by atoms with Crippen LogP contribution < -0.4 is 5.73 Å². The molecule has 0 saturated heterocycles. The van der Waals surface area contributed by atoms with Crippen molar-refractivity contribution in [3.8, 4) is 0 Å². The molecule has 6 heteroatoms. The third-order valence-corrected chi connectivity index (χ3v) is 2.09. The Labute approximate surface area is 73.6 Å². The standard InChI is InChI=1S/C6H12F3NOS/c1-5(10)4-12-3-2-11-6(7,8)9/h5H,2-4,10H2,1H3. The summed E-state index contributed by atoms with van der Waals surface area (Å²) >= 11 is 1.35. The summed E-state index contributed by atoms with van der Waals surface area (Å²) in [6, 6.07) is 0.0147. The van der Waals surface area contributed by atoms with E-state index in [-0.39, 0.29) is 12.6 Å². The first kappa shape index (κ1) is 12.1. The van der Waals surface area contributed by atoms with Gasteiger partial charge in [-0.25, -0.2) is 0 Å². The average Bonchev–Trinajstić information content (AvgIpc) is 1.83. The van der Waals surface area contributed by atoms with Gasteiger partial charge in [0.25, 0.3) is 0 Å². The molecule has 0 fully saturated rings. The third-order valence-electron chi connectivity index (χ3n) is 0.874. The molecule has 1 atom stereocenters. The molecule has 1 unspecified atom stereocenters. The number of halogens is 3. The zero-order chi connectivity index (χ0) is 9.61. The second kappa shape index (κ2) is 5.66. The van der Waals surface area contributed by atoms with Gasteiger partial charge in [0.15, 0.2) is 0 Å². The first-order valence-electron chi connectivity index (χ1n) is 3.46. The SMILES string of the molecule is CC(N)CSCCOC(F)(F)F. The summed E-state index contributed by atoms with van der Waals surface area (Å²) in [6.07, 6.45) is -4.51. The van der Waals surface area contributed by atoms with Crippen LogP contribution in [-0.4, -0.2) is 30.5 Å². The maximum atomic E-state index is 11.4. The van der Waals surface area contributed by atoms with Crippen LogP contribution in [0.5, 0.6) is 0 Å². The number of ether oxygens (including phenoxy) is 1. The first-order chi connectivity index (χ1) is 5.42. The molecule has 0 aliphatic rings. The van der Waals surface area contributed by atoms with Crippen LogP contribution in [0.15, 0.2) is 0 Å². The van der Waals surface area contributed by atoms with Crippen molar-refractivity contribution in [1.29, 1.82) is 0 Å². The van der Waals surface area contributed by atoms with E-state index in [1.54, 1.807) is 6.92 Å². The predicted octanol–water partition coefficient (Wildman–Crippen LogP) is 1.60. The van der Waals surface area contributed by atoms with Crippen LogP contribution in [0, 0.1) is 0 Å². The van der Waals surface area contributed by atoms with Gasteiger partial charge in [-0.05, 0) is 6.92 Å². The van der Waals surface area contributed by atoms with Crippen molar-refractivity contribution in [3.05, 3.63) is 0 Å². The summed E-state index contributed by atoms with van der Waals surface area (Å²) in [4.78, 5) is 0. The fraction of sp³-hybridized carbons (Fsp3) is 1.00. The summed E-state index contributed by atoms with van der Waals surface area (Å²) in [7, 11) is 0. The third kappa shape index (κ3) is 10.1. The van der Waals surface area contributed by atoms with E-state index in [0.717, 1.165) is 0 Å². The minimum atomic E-state index is -4.51. The number of nitrogens with two attached hydrogens (primary N) is 1. The number of thioether (sulfide) groups is 1. The molecule has 0 spiro atoms. The highest BCUT2D eigenvalue weighted by molar-refractivity contribution is 7.99. The number of alkyl halides is 3. The second-order valence-corrected chi connectivity index (χ2v) is 3.50. The summed E-state index contributed by atoms with van der Waals surface area (Å²) in [5, 5.41) is 0. The lowest BCUT2D eigenvalue weighted by atomic mass is 10.4. The van der Waals surface area contributed by atoms with Gasteiger partial charge in [-0.2, -0.15) is 11.8 Å². The van der Waals surface area contributed by atoms with Crippen LogP contribution in [-0.2, 0) is 4.74 Å². The quantitative estimate of drug-likeness (QED) is 0.689.